The lowest BCUT2D eigenvalue weighted by Gasteiger charge is -2.13. The van der Waals surface area contributed by atoms with Gasteiger partial charge in [0, 0.05) is 16.9 Å². The molecule has 2 rings (SSSR count). The Hall–Kier alpha value is -1.50. The Kier molecular flexibility index (Phi) is 4.32. The van der Waals surface area contributed by atoms with Gasteiger partial charge in [-0.3, -0.25) is 4.72 Å². The fraction of sp³-hybridized carbons (Fsp3) is 0.154. The van der Waals surface area contributed by atoms with Gasteiger partial charge >= 0.3 is 0 Å². The molecule has 5 nitrogen and oxygen atoms in total. The highest BCUT2D eigenvalue weighted by Crippen LogP contribution is 2.29. The van der Waals surface area contributed by atoms with Crippen molar-refractivity contribution in [3.8, 4) is 0 Å². The van der Waals surface area contributed by atoms with E-state index in [1.54, 1.807) is 26.1 Å². The van der Waals surface area contributed by atoms with E-state index >= 15 is 0 Å². The fourth-order valence-corrected chi connectivity index (χ4v) is 3.63. The predicted octanol–water partition coefficient (Wildman–Crippen LogP) is 3.39. The van der Waals surface area contributed by atoms with E-state index in [0.717, 1.165) is 5.56 Å². The summed E-state index contributed by atoms with van der Waals surface area (Å²) in [5.41, 5.74) is 7.45. The molecule has 0 spiro atoms. The van der Waals surface area contributed by atoms with E-state index in [-0.39, 0.29) is 20.8 Å². The second kappa shape index (κ2) is 5.71. The van der Waals surface area contributed by atoms with Crippen molar-refractivity contribution in [2.45, 2.75) is 18.7 Å². The van der Waals surface area contributed by atoms with Crippen LogP contribution in [-0.2, 0) is 10.0 Å². The molecule has 0 amide bonds. The number of anilines is 2. The molecule has 0 radical (unpaired) electrons. The van der Waals surface area contributed by atoms with Crippen LogP contribution >= 0.6 is 23.2 Å². The molecule has 0 saturated heterocycles. The van der Waals surface area contributed by atoms with Crippen LogP contribution in [0.15, 0.2) is 29.3 Å². The zero-order valence-electron chi connectivity index (χ0n) is 11.3. The SMILES string of the molecule is Cc1cnc(Cl)c(NS(=O)(=O)c2cc(Cl)cc(N)c2C)c1. The van der Waals surface area contributed by atoms with Gasteiger partial charge in [-0.1, -0.05) is 23.2 Å². The quantitative estimate of drug-likeness (QED) is 0.659. The highest BCUT2D eigenvalue weighted by molar-refractivity contribution is 7.92. The number of sulfonamides is 1. The molecule has 1 heterocycles. The van der Waals surface area contributed by atoms with E-state index in [4.69, 9.17) is 28.9 Å². The van der Waals surface area contributed by atoms with Crippen molar-refractivity contribution in [1.29, 1.82) is 0 Å². The van der Waals surface area contributed by atoms with Crippen LogP contribution in [0.25, 0.3) is 0 Å². The first kappa shape index (κ1) is 15.9. The van der Waals surface area contributed by atoms with Crippen molar-refractivity contribution in [3.63, 3.8) is 0 Å². The van der Waals surface area contributed by atoms with Crippen LogP contribution < -0.4 is 10.5 Å². The molecule has 8 heteroatoms. The number of rotatable bonds is 3. The number of nitrogens with two attached hydrogens (primary N) is 1. The Balaban J connectivity index is 2.51. The molecule has 0 bridgehead atoms. The van der Waals surface area contributed by atoms with E-state index in [1.807, 2.05) is 0 Å². The lowest BCUT2D eigenvalue weighted by atomic mass is 10.2. The Bertz CT molecular complexity index is 807. The van der Waals surface area contributed by atoms with Crippen LogP contribution in [0.5, 0.6) is 0 Å². The first-order valence-corrected chi connectivity index (χ1v) is 8.15. The molecule has 0 saturated carbocycles. The molecular weight excluding hydrogens is 333 g/mol. The Morgan fingerprint density at radius 2 is 1.86 bits per heavy atom. The lowest BCUT2D eigenvalue weighted by molar-refractivity contribution is 0.600. The number of nitrogens with zero attached hydrogens (tertiary/aromatic N) is 1. The van der Waals surface area contributed by atoms with Crippen molar-refractivity contribution in [2.75, 3.05) is 10.5 Å². The third-order valence-electron chi connectivity index (χ3n) is 2.87. The summed E-state index contributed by atoms with van der Waals surface area (Å²) in [5, 5.41) is 0.309. The number of aromatic nitrogens is 1. The first-order chi connectivity index (χ1) is 9.70. The Labute approximate surface area is 133 Å². The molecule has 1 aromatic heterocycles. The van der Waals surface area contributed by atoms with E-state index in [9.17, 15) is 8.42 Å². The predicted molar refractivity (Wildman–Crippen MR) is 85.4 cm³/mol. The van der Waals surface area contributed by atoms with Gasteiger partial charge in [-0.05, 0) is 43.2 Å². The summed E-state index contributed by atoms with van der Waals surface area (Å²) in [4.78, 5) is 3.91. The van der Waals surface area contributed by atoms with E-state index in [0.29, 0.717) is 11.3 Å². The average Bonchev–Trinajstić information content (AvgIpc) is 2.37. The van der Waals surface area contributed by atoms with Gasteiger partial charge < -0.3 is 5.73 Å². The van der Waals surface area contributed by atoms with E-state index < -0.39 is 10.0 Å². The minimum absolute atomic E-state index is 0.00470. The number of benzene rings is 1. The second-order valence-electron chi connectivity index (χ2n) is 4.57. The summed E-state index contributed by atoms with van der Waals surface area (Å²) >= 11 is 11.8. The number of nitrogens with one attached hydrogen (secondary N) is 1. The summed E-state index contributed by atoms with van der Waals surface area (Å²) < 4.78 is 27.4. The van der Waals surface area contributed by atoms with Crippen LogP contribution in [0, 0.1) is 13.8 Å². The highest BCUT2D eigenvalue weighted by Gasteiger charge is 2.20. The van der Waals surface area contributed by atoms with Gasteiger partial charge in [0.25, 0.3) is 10.0 Å². The van der Waals surface area contributed by atoms with Crippen LogP contribution in [0.1, 0.15) is 11.1 Å². The minimum atomic E-state index is -3.87. The monoisotopic (exact) mass is 345 g/mol. The van der Waals surface area contributed by atoms with Gasteiger partial charge in [-0.2, -0.15) is 0 Å². The molecule has 0 aliphatic heterocycles. The molecular formula is C13H13Cl2N3O2S. The smallest absolute Gasteiger partial charge is 0.262 e. The maximum atomic E-state index is 12.5. The molecule has 0 unspecified atom stereocenters. The van der Waals surface area contributed by atoms with Gasteiger partial charge in [0.2, 0.25) is 0 Å². The highest BCUT2D eigenvalue weighted by atomic mass is 35.5. The van der Waals surface area contributed by atoms with Crippen molar-refractivity contribution >= 4 is 44.6 Å². The second-order valence-corrected chi connectivity index (χ2v) is 7.02. The third kappa shape index (κ3) is 3.40. The van der Waals surface area contributed by atoms with Gasteiger partial charge in [-0.15, -0.1) is 0 Å². The molecule has 112 valence electrons. The zero-order chi connectivity index (χ0) is 15.8. The summed E-state index contributed by atoms with van der Waals surface area (Å²) in [6.45, 7) is 3.39. The maximum Gasteiger partial charge on any atom is 0.262 e. The van der Waals surface area contributed by atoms with Crippen molar-refractivity contribution < 1.29 is 8.42 Å². The van der Waals surface area contributed by atoms with Gasteiger partial charge in [0.15, 0.2) is 5.15 Å². The standard InChI is InChI=1S/C13H13Cl2N3O2S/c1-7-3-11(13(15)17-6-7)18-21(19,20)12-5-9(14)4-10(16)8(12)2/h3-6,18H,16H2,1-2H3. The van der Waals surface area contributed by atoms with Crippen LogP contribution in [0.4, 0.5) is 11.4 Å². The van der Waals surface area contributed by atoms with E-state index in [1.165, 1.54) is 12.1 Å². The van der Waals surface area contributed by atoms with Gasteiger partial charge in [-0.25, -0.2) is 13.4 Å². The Morgan fingerprint density at radius 3 is 2.52 bits per heavy atom. The third-order valence-corrected chi connectivity index (χ3v) is 4.89. The maximum absolute atomic E-state index is 12.5. The van der Waals surface area contributed by atoms with Crippen LogP contribution in [0.3, 0.4) is 0 Å². The Morgan fingerprint density at radius 1 is 1.19 bits per heavy atom. The number of hydrogen-bond donors (Lipinski definition) is 2. The van der Waals surface area contributed by atoms with Gasteiger partial charge in [0.05, 0.1) is 10.6 Å². The normalized spacial score (nSPS) is 11.4. The van der Waals surface area contributed by atoms with Crippen molar-refractivity contribution in [1.82, 2.24) is 4.98 Å². The topological polar surface area (TPSA) is 85.1 Å². The molecule has 0 aliphatic rings. The summed E-state index contributed by atoms with van der Waals surface area (Å²) in [6, 6.07) is 4.43. The molecule has 0 atom stereocenters. The average molecular weight is 346 g/mol. The van der Waals surface area contributed by atoms with Crippen LogP contribution in [0.2, 0.25) is 10.2 Å². The lowest BCUT2D eigenvalue weighted by Crippen LogP contribution is -2.15. The molecule has 2 aromatic rings. The molecule has 0 aliphatic carbocycles. The summed E-state index contributed by atoms with van der Waals surface area (Å²) in [5.74, 6) is 0. The summed E-state index contributed by atoms with van der Waals surface area (Å²) in [7, 11) is -3.87. The number of nitrogen functional groups attached to an aromatic ring is 1. The number of aryl methyl sites for hydroxylation is 1. The molecule has 0 fully saturated rings. The zero-order valence-corrected chi connectivity index (χ0v) is 13.6. The number of pyridine rings is 1. The number of halogens is 2. The molecule has 3 N–H and O–H groups in total. The number of hydrogen-bond acceptors (Lipinski definition) is 4. The molecule has 1 aromatic carbocycles. The molecule has 21 heavy (non-hydrogen) atoms. The first-order valence-electron chi connectivity index (χ1n) is 5.91. The van der Waals surface area contributed by atoms with Crippen LogP contribution in [-0.4, -0.2) is 13.4 Å². The van der Waals surface area contributed by atoms with Gasteiger partial charge in [0.1, 0.15) is 0 Å². The van der Waals surface area contributed by atoms with Crippen molar-refractivity contribution in [3.05, 3.63) is 45.7 Å². The minimum Gasteiger partial charge on any atom is -0.398 e. The summed E-state index contributed by atoms with van der Waals surface area (Å²) in [6.07, 6.45) is 1.54. The van der Waals surface area contributed by atoms with E-state index in [2.05, 4.69) is 9.71 Å². The largest absolute Gasteiger partial charge is 0.398 e. The van der Waals surface area contributed by atoms with Crippen molar-refractivity contribution in [2.24, 2.45) is 0 Å². The fourth-order valence-electron chi connectivity index (χ4n) is 1.78.